The lowest BCUT2D eigenvalue weighted by Gasteiger charge is -2.47. The van der Waals surface area contributed by atoms with Crippen LogP contribution in [0.15, 0.2) is 35.8 Å². The van der Waals surface area contributed by atoms with Crippen molar-refractivity contribution >= 4 is 5.78 Å². The van der Waals surface area contributed by atoms with Crippen molar-refractivity contribution in [2.24, 2.45) is 22.2 Å². The van der Waals surface area contributed by atoms with Crippen molar-refractivity contribution in [2.45, 2.75) is 79.2 Å². The van der Waals surface area contributed by atoms with E-state index in [9.17, 15) is 20.1 Å². The predicted molar refractivity (Wildman–Crippen MR) is 124 cm³/mol. The average Bonchev–Trinajstić information content (AvgIpc) is 2.75. The molecule has 3 N–H and O–H groups in total. The van der Waals surface area contributed by atoms with Gasteiger partial charge in [0.05, 0.1) is 5.76 Å². The number of ketones is 1. The molecule has 1 saturated carbocycles. The number of fused-ring (bicyclic) bond motifs is 3. The van der Waals surface area contributed by atoms with Gasteiger partial charge in [0, 0.05) is 30.3 Å². The molecule has 174 valence electrons. The van der Waals surface area contributed by atoms with Crippen molar-refractivity contribution in [3.63, 3.8) is 0 Å². The third-order valence-corrected chi connectivity index (χ3v) is 8.97. The summed E-state index contributed by atoms with van der Waals surface area (Å²) in [5.74, 6) is 1.30. The Balaban J connectivity index is 1.56. The standard InChI is InChI=1S/C27H36O5/c1-16-9-18(28)10-17-7-8-26(5,32-23(16)17)13-20(30)12-25(4)15-21-22(31)11-19(29)14-27(25,6)24(21,2)3/h9-11,14,21,28-29,31H,7-8,12-13,15H2,1-6H3/t21?,25-,26+,27?/m1/s1. The van der Waals surface area contributed by atoms with Crippen molar-refractivity contribution in [3.05, 3.63) is 46.9 Å². The number of hydrogen-bond acceptors (Lipinski definition) is 5. The second-order valence-electron chi connectivity index (χ2n) is 11.6. The zero-order valence-corrected chi connectivity index (χ0v) is 20.1. The first-order valence-electron chi connectivity index (χ1n) is 11.6. The van der Waals surface area contributed by atoms with Gasteiger partial charge in [0.2, 0.25) is 0 Å². The number of aliphatic hydroxyl groups is 2. The molecule has 1 aromatic rings. The van der Waals surface area contributed by atoms with E-state index in [1.54, 1.807) is 12.1 Å². The molecule has 0 spiro atoms. The van der Waals surface area contributed by atoms with Crippen molar-refractivity contribution in [1.82, 2.24) is 0 Å². The number of hydrogen-bond donors (Lipinski definition) is 3. The molecule has 32 heavy (non-hydrogen) atoms. The first-order chi connectivity index (χ1) is 14.7. The van der Waals surface area contributed by atoms with Gasteiger partial charge < -0.3 is 20.1 Å². The lowest BCUT2D eigenvalue weighted by atomic mass is 9.56. The summed E-state index contributed by atoms with van der Waals surface area (Å²) in [5, 5.41) is 30.9. The highest BCUT2D eigenvalue weighted by molar-refractivity contribution is 5.80. The van der Waals surface area contributed by atoms with Gasteiger partial charge in [0.1, 0.15) is 28.6 Å². The minimum Gasteiger partial charge on any atom is -0.512 e. The molecular weight excluding hydrogens is 404 g/mol. The number of aryl methyl sites for hydroxylation is 2. The van der Waals surface area contributed by atoms with Crippen LogP contribution in [0, 0.1) is 29.1 Å². The molecule has 5 heteroatoms. The molecule has 2 unspecified atom stereocenters. The van der Waals surface area contributed by atoms with Gasteiger partial charge >= 0.3 is 0 Å². The summed E-state index contributed by atoms with van der Waals surface area (Å²) < 4.78 is 6.35. The molecule has 5 nitrogen and oxygen atoms in total. The summed E-state index contributed by atoms with van der Waals surface area (Å²) in [6.07, 6.45) is 6.12. The molecule has 1 aromatic carbocycles. The number of phenols is 1. The third kappa shape index (κ3) is 3.32. The summed E-state index contributed by atoms with van der Waals surface area (Å²) in [6, 6.07) is 3.44. The molecule has 0 radical (unpaired) electrons. The van der Waals surface area contributed by atoms with Gasteiger partial charge in [0.25, 0.3) is 0 Å². The second kappa shape index (κ2) is 7.03. The Morgan fingerprint density at radius 3 is 2.47 bits per heavy atom. The molecule has 2 aliphatic carbocycles. The number of aliphatic hydroxyl groups excluding tert-OH is 2. The van der Waals surface area contributed by atoms with Crippen LogP contribution in [0.5, 0.6) is 11.5 Å². The van der Waals surface area contributed by atoms with Gasteiger partial charge in [-0.1, -0.05) is 27.7 Å². The highest BCUT2D eigenvalue weighted by atomic mass is 16.5. The topological polar surface area (TPSA) is 87.0 Å². The Bertz CT molecular complexity index is 1030. The number of carbonyl (C=O) groups excluding carboxylic acids is 1. The lowest BCUT2D eigenvalue weighted by Crippen LogP contribution is -2.44. The maximum absolute atomic E-state index is 13.4. The zero-order valence-electron chi connectivity index (χ0n) is 20.1. The number of carbonyl (C=O) groups is 1. The minimum atomic E-state index is -0.594. The molecule has 1 fully saturated rings. The normalized spacial score (nSPS) is 35.2. The smallest absolute Gasteiger partial charge is 0.137 e. The highest BCUT2D eigenvalue weighted by Gasteiger charge is 2.64. The number of aromatic hydroxyl groups is 1. The van der Waals surface area contributed by atoms with E-state index < -0.39 is 16.4 Å². The van der Waals surface area contributed by atoms with Crippen LogP contribution < -0.4 is 4.74 Å². The van der Waals surface area contributed by atoms with Gasteiger partial charge in [-0.05, 0) is 73.3 Å². The number of phenolic OH excluding ortho intramolecular Hbond substituents is 1. The summed E-state index contributed by atoms with van der Waals surface area (Å²) in [4.78, 5) is 13.4. The van der Waals surface area contributed by atoms with E-state index in [2.05, 4.69) is 27.7 Å². The van der Waals surface area contributed by atoms with Crippen LogP contribution in [-0.2, 0) is 11.2 Å². The predicted octanol–water partition coefficient (Wildman–Crippen LogP) is 6.09. The molecule has 4 rings (SSSR count). The third-order valence-electron chi connectivity index (χ3n) is 8.97. The maximum atomic E-state index is 13.4. The Morgan fingerprint density at radius 2 is 1.78 bits per heavy atom. The molecule has 1 aliphatic heterocycles. The molecule has 0 saturated heterocycles. The molecule has 4 atom stereocenters. The Kier molecular flexibility index (Phi) is 5.00. The quantitative estimate of drug-likeness (QED) is 0.527. The summed E-state index contributed by atoms with van der Waals surface area (Å²) in [7, 11) is 0. The van der Waals surface area contributed by atoms with E-state index in [1.807, 2.05) is 19.9 Å². The zero-order chi connectivity index (χ0) is 23.7. The fraction of sp³-hybridized carbons (Fsp3) is 0.593. The van der Waals surface area contributed by atoms with Crippen molar-refractivity contribution in [2.75, 3.05) is 0 Å². The highest BCUT2D eigenvalue weighted by Crippen LogP contribution is 2.69. The fourth-order valence-corrected chi connectivity index (χ4v) is 6.63. The van der Waals surface area contributed by atoms with Gasteiger partial charge in [0.15, 0.2) is 0 Å². The van der Waals surface area contributed by atoms with E-state index in [1.165, 1.54) is 6.08 Å². The van der Waals surface area contributed by atoms with Crippen LogP contribution in [0.2, 0.25) is 0 Å². The first-order valence-corrected chi connectivity index (χ1v) is 11.6. The number of allylic oxidation sites excluding steroid dienone is 3. The maximum Gasteiger partial charge on any atom is 0.137 e. The van der Waals surface area contributed by atoms with Gasteiger partial charge in [-0.15, -0.1) is 0 Å². The van der Waals surface area contributed by atoms with Gasteiger partial charge in [-0.25, -0.2) is 0 Å². The van der Waals surface area contributed by atoms with Gasteiger partial charge in [-0.3, -0.25) is 4.79 Å². The van der Waals surface area contributed by atoms with Crippen LogP contribution in [-0.4, -0.2) is 26.7 Å². The first kappa shape index (κ1) is 22.8. The fourth-order valence-electron chi connectivity index (χ4n) is 6.63. The van der Waals surface area contributed by atoms with Crippen molar-refractivity contribution in [1.29, 1.82) is 0 Å². The Hall–Kier alpha value is -2.43. The van der Waals surface area contributed by atoms with E-state index in [0.717, 1.165) is 23.3 Å². The molecule has 0 amide bonds. The molecule has 0 aromatic heterocycles. The van der Waals surface area contributed by atoms with E-state index in [0.29, 0.717) is 25.7 Å². The summed E-state index contributed by atoms with van der Waals surface area (Å²) >= 11 is 0. The van der Waals surface area contributed by atoms with Crippen molar-refractivity contribution in [3.8, 4) is 11.5 Å². The number of rotatable bonds is 4. The van der Waals surface area contributed by atoms with Crippen LogP contribution in [0.1, 0.15) is 71.4 Å². The van der Waals surface area contributed by atoms with E-state index in [-0.39, 0.29) is 34.4 Å². The van der Waals surface area contributed by atoms with Crippen molar-refractivity contribution < 1.29 is 24.9 Å². The molecule has 2 bridgehead atoms. The van der Waals surface area contributed by atoms with Gasteiger partial charge in [-0.2, -0.15) is 0 Å². The van der Waals surface area contributed by atoms with Crippen LogP contribution in [0.3, 0.4) is 0 Å². The Labute approximate surface area is 190 Å². The van der Waals surface area contributed by atoms with E-state index in [4.69, 9.17) is 4.74 Å². The average molecular weight is 441 g/mol. The van der Waals surface area contributed by atoms with Crippen LogP contribution >= 0.6 is 0 Å². The van der Waals surface area contributed by atoms with Crippen LogP contribution in [0.4, 0.5) is 0 Å². The second-order valence-corrected chi connectivity index (χ2v) is 11.6. The number of Topliss-reactive ketones (excluding diaryl/α,β-unsaturated/α-hetero) is 1. The Morgan fingerprint density at radius 1 is 1.09 bits per heavy atom. The summed E-state index contributed by atoms with van der Waals surface area (Å²) in [5.41, 5.74) is 0.0970. The SMILES string of the molecule is Cc1cc(O)cc2c1O[C@](C)(CC(=O)C[C@]1(C)CC3C(O)=CC(O)=CC1(C)C3(C)C)CC2. The minimum absolute atomic E-state index is 0.0665. The molecule has 1 heterocycles. The number of benzene rings is 1. The molecular formula is C27H36O5. The van der Waals surface area contributed by atoms with Crippen LogP contribution in [0.25, 0.3) is 0 Å². The monoisotopic (exact) mass is 440 g/mol. The van der Waals surface area contributed by atoms with E-state index >= 15 is 0 Å². The lowest BCUT2D eigenvalue weighted by molar-refractivity contribution is -0.127. The molecule has 3 aliphatic rings. The largest absolute Gasteiger partial charge is 0.512 e. The summed E-state index contributed by atoms with van der Waals surface area (Å²) in [6.45, 7) is 12.4. The number of ether oxygens (including phenoxy) is 1.